The number of aliphatic hydroxyl groups excluding tert-OH is 1. The number of hydrogen-bond donors (Lipinski definition) is 1. The Labute approximate surface area is 77.7 Å². The molecule has 1 N–H and O–H groups in total. The van der Waals surface area contributed by atoms with E-state index in [1.54, 1.807) is 7.11 Å². The first-order valence-electron chi connectivity index (χ1n) is 4.98. The Bertz CT molecular complexity index is 130. The summed E-state index contributed by atoms with van der Waals surface area (Å²) in [5.74, 6) is 0.816. The molecule has 0 radical (unpaired) electrons. The van der Waals surface area contributed by atoms with E-state index < -0.39 is 0 Å². The highest BCUT2D eigenvalue weighted by molar-refractivity contribution is 6.08. The van der Waals surface area contributed by atoms with E-state index in [2.05, 4.69) is 0 Å². The number of rotatable bonds is 3. The molecule has 3 heteroatoms. The van der Waals surface area contributed by atoms with Crippen LogP contribution in [0, 0.1) is 5.92 Å². The Morgan fingerprint density at radius 3 is 2.83 bits per heavy atom. The van der Waals surface area contributed by atoms with Crippen LogP contribution in [0.5, 0.6) is 0 Å². The van der Waals surface area contributed by atoms with Crippen LogP contribution in [-0.4, -0.2) is 34.7 Å². The second kappa shape index (κ2) is 4.99. The van der Waals surface area contributed by atoms with Gasteiger partial charge in [0.05, 0.1) is 12.2 Å². The summed E-state index contributed by atoms with van der Waals surface area (Å²) in [6.07, 6.45) is 4.45. The maximum atomic E-state index is 9.54. The Kier molecular flexibility index (Phi) is 4.25. The molecular formula is C9H20O2Si. The molecule has 0 aromatic carbocycles. The Morgan fingerprint density at radius 1 is 1.50 bits per heavy atom. The van der Waals surface area contributed by atoms with Gasteiger partial charge in [-0.25, -0.2) is 0 Å². The molecule has 3 atom stereocenters. The fraction of sp³-hybridized carbons (Fsp3) is 1.00. The zero-order valence-corrected chi connectivity index (χ0v) is 10.1. The fourth-order valence-corrected chi connectivity index (χ4v) is 2.94. The molecule has 1 rings (SSSR count). The van der Waals surface area contributed by atoms with Gasteiger partial charge in [-0.15, -0.1) is 0 Å². The van der Waals surface area contributed by atoms with E-state index in [0.29, 0.717) is 0 Å². The van der Waals surface area contributed by atoms with E-state index in [-0.39, 0.29) is 12.2 Å². The van der Waals surface area contributed by atoms with Crippen LogP contribution in [0.1, 0.15) is 25.7 Å². The van der Waals surface area contributed by atoms with Gasteiger partial charge in [0.1, 0.15) is 0 Å². The van der Waals surface area contributed by atoms with Crippen molar-refractivity contribution in [3.05, 3.63) is 0 Å². The van der Waals surface area contributed by atoms with E-state index in [0.717, 1.165) is 18.8 Å². The topological polar surface area (TPSA) is 29.5 Å². The zero-order chi connectivity index (χ0) is 8.97. The van der Waals surface area contributed by atoms with Gasteiger partial charge in [-0.3, -0.25) is 0 Å². The van der Waals surface area contributed by atoms with Gasteiger partial charge in [0.25, 0.3) is 0 Å². The molecule has 12 heavy (non-hydrogen) atoms. The van der Waals surface area contributed by atoms with Gasteiger partial charge in [0.2, 0.25) is 0 Å². The Hall–Kier alpha value is 0.137. The van der Waals surface area contributed by atoms with Gasteiger partial charge in [-0.05, 0) is 25.2 Å². The molecule has 72 valence electrons. The SMILES string of the molecule is COC1CC(CC[SiH3])CCC1O. The third kappa shape index (κ3) is 2.57. The van der Waals surface area contributed by atoms with Crippen molar-refractivity contribution in [2.75, 3.05) is 7.11 Å². The predicted molar refractivity (Wildman–Crippen MR) is 53.5 cm³/mol. The van der Waals surface area contributed by atoms with Crippen molar-refractivity contribution in [1.82, 2.24) is 0 Å². The third-order valence-electron chi connectivity index (χ3n) is 2.87. The largest absolute Gasteiger partial charge is 0.390 e. The molecule has 0 bridgehead atoms. The van der Waals surface area contributed by atoms with Crippen LogP contribution in [0.25, 0.3) is 0 Å². The minimum atomic E-state index is -0.208. The van der Waals surface area contributed by atoms with Crippen molar-refractivity contribution in [2.45, 2.75) is 43.9 Å². The van der Waals surface area contributed by atoms with Crippen LogP contribution in [0.2, 0.25) is 6.04 Å². The van der Waals surface area contributed by atoms with Gasteiger partial charge in [-0.2, -0.15) is 0 Å². The van der Waals surface area contributed by atoms with Crippen molar-refractivity contribution < 1.29 is 9.84 Å². The van der Waals surface area contributed by atoms with Crippen molar-refractivity contribution in [3.8, 4) is 0 Å². The number of ether oxygens (including phenoxy) is 1. The van der Waals surface area contributed by atoms with Crippen molar-refractivity contribution in [1.29, 1.82) is 0 Å². The van der Waals surface area contributed by atoms with Gasteiger partial charge in [0.15, 0.2) is 0 Å². The number of methoxy groups -OCH3 is 1. The quantitative estimate of drug-likeness (QED) is 0.647. The minimum Gasteiger partial charge on any atom is -0.390 e. The van der Waals surface area contributed by atoms with Gasteiger partial charge < -0.3 is 9.84 Å². The van der Waals surface area contributed by atoms with Gasteiger partial charge >= 0.3 is 0 Å². The summed E-state index contributed by atoms with van der Waals surface area (Å²) in [4.78, 5) is 0. The first kappa shape index (κ1) is 10.2. The van der Waals surface area contributed by atoms with Crippen LogP contribution in [-0.2, 0) is 4.74 Å². The van der Waals surface area contributed by atoms with E-state index in [9.17, 15) is 5.11 Å². The lowest BCUT2D eigenvalue weighted by atomic mass is 9.84. The van der Waals surface area contributed by atoms with E-state index in [1.165, 1.54) is 29.1 Å². The van der Waals surface area contributed by atoms with Crippen LogP contribution in [0.15, 0.2) is 0 Å². The summed E-state index contributed by atoms with van der Waals surface area (Å²) in [5, 5.41) is 9.54. The lowest BCUT2D eigenvalue weighted by Crippen LogP contribution is -2.35. The predicted octanol–water partition coefficient (Wildman–Crippen LogP) is 0.336. The summed E-state index contributed by atoms with van der Waals surface area (Å²) in [6.45, 7) is 0. The van der Waals surface area contributed by atoms with Crippen LogP contribution >= 0.6 is 0 Å². The highest BCUT2D eigenvalue weighted by Crippen LogP contribution is 2.29. The van der Waals surface area contributed by atoms with Crippen molar-refractivity contribution in [3.63, 3.8) is 0 Å². The summed E-state index contributed by atoms with van der Waals surface area (Å²) in [7, 11) is 3.01. The normalized spacial score (nSPS) is 37.0. The smallest absolute Gasteiger partial charge is 0.0832 e. The van der Waals surface area contributed by atoms with Crippen molar-refractivity contribution in [2.24, 2.45) is 5.92 Å². The molecule has 1 saturated carbocycles. The average Bonchev–Trinajstić information content (AvgIpc) is 2.09. The lowest BCUT2D eigenvalue weighted by Gasteiger charge is -2.32. The third-order valence-corrected chi connectivity index (χ3v) is 3.44. The van der Waals surface area contributed by atoms with Crippen LogP contribution in [0.4, 0.5) is 0 Å². The summed E-state index contributed by atoms with van der Waals surface area (Å²) >= 11 is 0. The average molecular weight is 188 g/mol. The molecule has 0 heterocycles. The van der Waals surface area contributed by atoms with E-state index >= 15 is 0 Å². The second-order valence-electron chi connectivity index (χ2n) is 3.81. The monoisotopic (exact) mass is 188 g/mol. The molecule has 0 amide bonds. The van der Waals surface area contributed by atoms with E-state index in [4.69, 9.17) is 4.74 Å². The van der Waals surface area contributed by atoms with Gasteiger partial charge in [-0.1, -0.05) is 12.5 Å². The highest BCUT2D eigenvalue weighted by atomic mass is 28.1. The molecule has 0 aromatic heterocycles. The van der Waals surface area contributed by atoms with Gasteiger partial charge in [0, 0.05) is 17.4 Å². The second-order valence-corrected chi connectivity index (χ2v) is 4.81. The maximum Gasteiger partial charge on any atom is 0.0832 e. The molecule has 0 aliphatic heterocycles. The molecule has 1 aliphatic rings. The maximum absolute atomic E-state index is 9.54. The molecule has 1 fully saturated rings. The zero-order valence-electron chi connectivity index (χ0n) is 8.12. The fourth-order valence-electron chi connectivity index (χ4n) is 2.12. The minimum absolute atomic E-state index is 0.108. The Morgan fingerprint density at radius 2 is 2.25 bits per heavy atom. The summed E-state index contributed by atoms with van der Waals surface area (Å²) < 4.78 is 5.24. The molecule has 3 unspecified atom stereocenters. The summed E-state index contributed by atoms with van der Waals surface area (Å²) in [5.41, 5.74) is 0. The number of hydrogen-bond acceptors (Lipinski definition) is 2. The summed E-state index contributed by atoms with van der Waals surface area (Å²) in [6, 6.07) is 1.39. The molecule has 0 saturated heterocycles. The molecule has 2 nitrogen and oxygen atoms in total. The molecular weight excluding hydrogens is 168 g/mol. The Balaban J connectivity index is 2.33. The number of aliphatic hydroxyl groups is 1. The lowest BCUT2D eigenvalue weighted by molar-refractivity contribution is -0.0507. The molecule has 0 spiro atoms. The van der Waals surface area contributed by atoms with Crippen molar-refractivity contribution >= 4 is 10.2 Å². The highest BCUT2D eigenvalue weighted by Gasteiger charge is 2.28. The van der Waals surface area contributed by atoms with Crippen LogP contribution in [0.3, 0.4) is 0 Å². The first-order chi connectivity index (χ1) is 5.77. The van der Waals surface area contributed by atoms with Crippen LogP contribution < -0.4 is 0 Å². The standard InChI is InChI=1S/C9H20O2Si/c1-11-9-6-7(4-5-12)2-3-8(9)10/h7-10H,2-6H2,1,12H3. The molecule has 0 aromatic rings. The van der Waals surface area contributed by atoms with E-state index in [1.807, 2.05) is 0 Å². The first-order valence-corrected chi connectivity index (χ1v) is 6.40. The molecule has 1 aliphatic carbocycles.